The SMILES string of the molecule is O=S(=O)(F)C=Cc1ccccc1. The van der Waals surface area contributed by atoms with Crippen molar-refractivity contribution >= 4 is 16.3 Å². The third kappa shape index (κ3) is 3.30. The third-order valence-electron chi connectivity index (χ3n) is 1.22. The molecule has 0 saturated carbocycles. The maximum Gasteiger partial charge on any atom is 0.325 e. The number of benzene rings is 1. The highest BCUT2D eigenvalue weighted by molar-refractivity contribution is 7.89. The molecule has 0 N–H and O–H groups in total. The molecule has 1 rings (SSSR count). The molecule has 0 aliphatic carbocycles. The molecule has 0 spiro atoms. The van der Waals surface area contributed by atoms with E-state index >= 15 is 0 Å². The fourth-order valence-corrected chi connectivity index (χ4v) is 1.04. The monoisotopic (exact) mass is 186 g/mol. The molecule has 0 atom stereocenters. The smallest absolute Gasteiger partial charge is 0.190 e. The van der Waals surface area contributed by atoms with E-state index in [2.05, 4.69) is 0 Å². The standard InChI is InChI=1S/C8H7FO2S/c9-12(10,11)7-6-8-4-2-1-3-5-8/h1-7H. The summed E-state index contributed by atoms with van der Waals surface area (Å²) in [4.78, 5) is 0. The van der Waals surface area contributed by atoms with Gasteiger partial charge in [-0.25, -0.2) is 0 Å². The molecule has 1 aromatic rings. The van der Waals surface area contributed by atoms with E-state index in [9.17, 15) is 12.3 Å². The Labute approximate surface area is 70.6 Å². The summed E-state index contributed by atoms with van der Waals surface area (Å²) in [6.07, 6.45) is 1.20. The van der Waals surface area contributed by atoms with Crippen LogP contribution in [0.4, 0.5) is 3.89 Å². The van der Waals surface area contributed by atoms with Crippen LogP contribution >= 0.6 is 0 Å². The van der Waals surface area contributed by atoms with Crippen LogP contribution < -0.4 is 0 Å². The fraction of sp³-hybridized carbons (Fsp3) is 0. The van der Waals surface area contributed by atoms with Gasteiger partial charge in [0.2, 0.25) is 0 Å². The highest BCUT2D eigenvalue weighted by Gasteiger charge is 1.97. The van der Waals surface area contributed by atoms with E-state index in [4.69, 9.17) is 0 Å². The molecule has 0 heterocycles. The van der Waals surface area contributed by atoms with Gasteiger partial charge in [-0.05, 0) is 11.6 Å². The molecular formula is C8H7FO2S. The van der Waals surface area contributed by atoms with Crippen LogP contribution in [0.2, 0.25) is 0 Å². The molecule has 1 aromatic carbocycles. The van der Waals surface area contributed by atoms with Crippen molar-refractivity contribution in [3.63, 3.8) is 0 Å². The minimum absolute atomic E-state index is 0.530. The van der Waals surface area contributed by atoms with Gasteiger partial charge in [-0.2, -0.15) is 8.42 Å². The fourth-order valence-electron chi connectivity index (χ4n) is 0.724. The molecule has 0 radical (unpaired) electrons. The van der Waals surface area contributed by atoms with Crippen LogP contribution in [0.3, 0.4) is 0 Å². The minimum atomic E-state index is -4.50. The van der Waals surface area contributed by atoms with Gasteiger partial charge in [0.05, 0.1) is 5.41 Å². The second kappa shape index (κ2) is 3.49. The summed E-state index contributed by atoms with van der Waals surface area (Å²) >= 11 is 0. The van der Waals surface area contributed by atoms with E-state index in [1.54, 1.807) is 30.3 Å². The lowest BCUT2D eigenvalue weighted by molar-refractivity contribution is 0.563. The molecule has 0 aliphatic heterocycles. The molecule has 0 bridgehead atoms. The predicted molar refractivity (Wildman–Crippen MR) is 45.5 cm³/mol. The van der Waals surface area contributed by atoms with Crippen molar-refractivity contribution in [2.45, 2.75) is 0 Å². The molecule has 0 aromatic heterocycles. The lowest BCUT2D eigenvalue weighted by Crippen LogP contribution is -1.80. The quantitative estimate of drug-likeness (QED) is 0.661. The van der Waals surface area contributed by atoms with E-state index in [0.29, 0.717) is 11.0 Å². The van der Waals surface area contributed by atoms with Gasteiger partial charge in [0, 0.05) is 0 Å². The molecule has 0 amide bonds. The minimum Gasteiger partial charge on any atom is -0.190 e. The normalized spacial score (nSPS) is 12.1. The Kier molecular flexibility index (Phi) is 2.60. The van der Waals surface area contributed by atoms with E-state index in [-0.39, 0.29) is 0 Å². The van der Waals surface area contributed by atoms with Crippen LogP contribution in [0, 0.1) is 0 Å². The molecule has 2 nitrogen and oxygen atoms in total. The van der Waals surface area contributed by atoms with Crippen molar-refractivity contribution in [3.05, 3.63) is 41.3 Å². The van der Waals surface area contributed by atoms with Crippen molar-refractivity contribution in [2.24, 2.45) is 0 Å². The van der Waals surface area contributed by atoms with Gasteiger partial charge in [-0.3, -0.25) is 0 Å². The van der Waals surface area contributed by atoms with Crippen LogP contribution in [0.1, 0.15) is 5.56 Å². The van der Waals surface area contributed by atoms with Crippen LogP contribution in [-0.4, -0.2) is 8.42 Å². The topological polar surface area (TPSA) is 34.1 Å². The van der Waals surface area contributed by atoms with E-state index in [0.717, 1.165) is 0 Å². The summed E-state index contributed by atoms with van der Waals surface area (Å²) in [5.41, 5.74) is 0.652. The summed E-state index contributed by atoms with van der Waals surface area (Å²) in [7, 11) is -4.50. The van der Waals surface area contributed by atoms with Crippen LogP contribution in [0.5, 0.6) is 0 Å². The number of hydrogen-bond acceptors (Lipinski definition) is 2. The van der Waals surface area contributed by atoms with Crippen LogP contribution in [0.25, 0.3) is 6.08 Å². The zero-order valence-electron chi connectivity index (χ0n) is 6.14. The van der Waals surface area contributed by atoms with Crippen LogP contribution in [0.15, 0.2) is 35.7 Å². The number of rotatable bonds is 2. The van der Waals surface area contributed by atoms with E-state index in [1.165, 1.54) is 6.08 Å². The van der Waals surface area contributed by atoms with Crippen molar-refractivity contribution in [1.82, 2.24) is 0 Å². The first-order chi connectivity index (χ1) is 5.58. The summed E-state index contributed by atoms with van der Waals surface area (Å²) < 4.78 is 32.1. The van der Waals surface area contributed by atoms with Crippen molar-refractivity contribution in [2.75, 3.05) is 0 Å². The lowest BCUT2D eigenvalue weighted by Gasteiger charge is -1.88. The largest absolute Gasteiger partial charge is 0.325 e. The second-order valence-electron chi connectivity index (χ2n) is 2.19. The van der Waals surface area contributed by atoms with Gasteiger partial charge >= 0.3 is 10.2 Å². The van der Waals surface area contributed by atoms with Gasteiger partial charge in [0.25, 0.3) is 0 Å². The molecular weight excluding hydrogens is 179 g/mol. The second-order valence-corrected chi connectivity index (χ2v) is 3.41. The Morgan fingerprint density at radius 2 is 1.75 bits per heavy atom. The Bertz CT molecular complexity index is 367. The Hall–Kier alpha value is -1.16. The average Bonchev–Trinajstić information content (AvgIpc) is 2.02. The number of halogens is 1. The van der Waals surface area contributed by atoms with Gasteiger partial charge in [0.15, 0.2) is 0 Å². The Morgan fingerprint density at radius 3 is 2.25 bits per heavy atom. The first-order valence-electron chi connectivity index (χ1n) is 3.26. The molecule has 4 heteroatoms. The van der Waals surface area contributed by atoms with E-state index < -0.39 is 10.2 Å². The molecule has 64 valence electrons. The van der Waals surface area contributed by atoms with Gasteiger partial charge in [-0.1, -0.05) is 30.3 Å². The molecule has 0 saturated heterocycles. The molecule has 0 unspecified atom stereocenters. The summed E-state index contributed by atoms with van der Waals surface area (Å²) in [6, 6.07) is 8.64. The highest BCUT2D eigenvalue weighted by atomic mass is 32.3. The Morgan fingerprint density at radius 1 is 1.17 bits per heavy atom. The highest BCUT2D eigenvalue weighted by Crippen LogP contribution is 2.03. The molecule has 12 heavy (non-hydrogen) atoms. The maximum atomic E-state index is 12.0. The van der Waals surface area contributed by atoms with E-state index in [1.807, 2.05) is 0 Å². The zero-order chi connectivity index (χ0) is 9.03. The molecule has 0 fully saturated rings. The van der Waals surface area contributed by atoms with Crippen molar-refractivity contribution < 1.29 is 12.3 Å². The maximum absolute atomic E-state index is 12.0. The first kappa shape index (κ1) is 8.93. The zero-order valence-corrected chi connectivity index (χ0v) is 6.96. The number of hydrogen-bond donors (Lipinski definition) is 0. The van der Waals surface area contributed by atoms with Gasteiger partial charge in [0.1, 0.15) is 0 Å². The van der Waals surface area contributed by atoms with Gasteiger partial charge in [-0.15, -0.1) is 3.89 Å². The summed E-state index contributed by atoms with van der Waals surface area (Å²) in [6.45, 7) is 0. The Balaban J connectivity index is 2.85. The van der Waals surface area contributed by atoms with Crippen LogP contribution in [-0.2, 0) is 10.2 Å². The average molecular weight is 186 g/mol. The van der Waals surface area contributed by atoms with Crippen molar-refractivity contribution in [1.29, 1.82) is 0 Å². The molecule has 0 aliphatic rings. The lowest BCUT2D eigenvalue weighted by atomic mass is 10.2. The summed E-state index contributed by atoms with van der Waals surface area (Å²) in [5, 5.41) is 0.530. The van der Waals surface area contributed by atoms with Gasteiger partial charge < -0.3 is 0 Å². The first-order valence-corrected chi connectivity index (χ1v) is 4.70. The summed E-state index contributed by atoms with van der Waals surface area (Å²) in [5.74, 6) is 0. The van der Waals surface area contributed by atoms with Crippen molar-refractivity contribution in [3.8, 4) is 0 Å². The predicted octanol–water partition coefficient (Wildman–Crippen LogP) is 1.96. The third-order valence-corrected chi connectivity index (χ3v) is 1.68.